The monoisotopic (exact) mass is 222 g/mol. The van der Waals surface area contributed by atoms with Gasteiger partial charge < -0.3 is 0 Å². The molecule has 13 heavy (non-hydrogen) atoms. The van der Waals surface area contributed by atoms with Crippen molar-refractivity contribution in [3.05, 3.63) is 0 Å². The molecule has 1 fully saturated rings. The number of ketones is 1. The summed E-state index contributed by atoms with van der Waals surface area (Å²) in [7, 11) is -2.98. The van der Waals surface area contributed by atoms with Gasteiger partial charge in [0.25, 0.3) is 0 Å². The minimum absolute atomic E-state index is 0.00287. The Morgan fingerprint density at radius 1 is 1.54 bits per heavy atom. The number of carbonyl (C=O) groups is 1. The standard InChI is InChI=1S/C8H14O3S2/c1-13(10,11)6-4-7(9)8-3-2-5-12-8/h8H,2-6H2,1H3. The first-order chi connectivity index (χ1) is 5.99. The Hall–Kier alpha value is -0.0300. The van der Waals surface area contributed by atoms with Gasteiger partial charge in [0, 0.05) is 12.7 Å². The highest BCUT2D eigenvalue weighted by Crippen LogP contribution is 2.27. The van der Waals surface area contributed by atoms with Crippen molar-refractivity contribution in [3.63, 3.8) is 0 Å². The van der Waals surface area contributed by atoms with Crippen LogP contribution < -0.4 is 0 Å². The zero-order valence-corrected chi connectivity index (χ0v) is 9.29. The van der Waals surface area contributed by atoms with Gasteiger partial charge in [0.15, 0.2) is 0 Å². The number of rotatable bonds is 4. The maximum absolute atomic E-state index is 11.4. The third-order valence-electron chi connectivity index (χ3n) is 2.01. The van der Waals surface area contributed by atoms with Crippen LogP contribution in [-0.2, 0) is 14.6 Å². The fourth-order valence-electron chi connectivity index (χ4n) is 1.28. The maximum atomic E-state index is 11.4. The van der Waals surface area contributed by atoms with E-state index >= 15 is 0 Å². The zero-order valence-electron chi connectivity index (χ0n) is 7.65. The first-order valence-electron chi connectivity index (χ1n) is 4.31. The van der Waals surface area contributed by atoms with Crippen molar-refractivity contribution in [2.45, 2.75) is 24.5 Å². The van der Waals surface area contributed by atoms with E-state index in [1.54, 1.807) is 11.8 Å². The smallest absolute Gasteiger partial charge is 0.147 e. The topological polar surface area (TPSA) is 51.2 Å². The highest BCUT2D eigenvalue weighted by molar-refractivity contribution is 8.00. The van der Waals surface area contributed by atoms with Crippen LogP contribution >= 0.6 is 11.8 Å². The van der Waals surface area contributed by atoms with Crippen LogP contribution in [0, 0.1) is 0 Å². The Labute approximate surface area is 83.2 Å². The van der Waals surface area contributed by atoms with Crippen LogP contribution in [0.5, 0.6) is 0 Å². The van der Waals surface area contributed by atoms with Crippen LogP contribution in [-0.4, -0.2) is 37.2 Å². The summed E-state index contributed by atoms with van der Waals surface area (Å²) in [5, 5.41) is 0.0711. The summed E-state index contributed by atoms with van der Waals surface area (Å²) in [4.78, 5) is 11.4. The molecule has 1 aliphatic heterocycles. The zero-order chi connectivity index (χ0) is 9.90. The molecule has 0 N–H and O–H groups in total. The van der Waals surface area contributed by atoms with E-state index in [2.05, 4.69) is 0 Å². The third-order valence-corrected chi connectivity index (χ3v) is 4.38. The molecule has 0 bridgehead atoms. The van der Waals surface area contributed by atoms with Gasteiger partial charge in [-0.25, -0.2) is 8.42 Å². The molecule has 3 nitrogen and oxygen atoms in total. The molecule has 76 valence electrons. The summed E-state index contributed by atoms with van der Waals surface area (Å²) in [6.45, 7) is 0. The summed E-state index contributed by atoms with van der Waals surface area (Å²) >= 11 is 1.66. The van der Waals surface area contributed by atoms with E-state index in [0.29, 0.717) is 0 Å². The van der Waals surface area contributed by atoms with Crippen LogP contribution in [0.2, 0.25) is 0 Å². The number of hydrogen-bond acceptors (Lipinski definition) is 4. The molecule has 1 heterocycles. The number of carbonyl (C=O) groups excluding carboxylic acids is 1. The Morgan fingerprint density at radius 3 is 2.69 bits per heavy atom. The molecule has 1 aliphatic rings. The summed E-state index contributed by atoms with van der Waals surface area (Å²) in [5.74, 6) is 1.14. The highest BCUT2D eigenvalue weighted by Gasteiger charge is 2.23. The fourth-order valence-corrected chi connectivity index (χ4v) is 3.11. The maximum Gasteiger partial charge on any atom is 0.147 e. The van der Waals surface area contributed by atoms with E-state index in [4.69, 9.17) is 0 Å². The van der Waals surface area contributed by atoms with Crippen molar-refractivity contribution in [2.24, 2.45) is 0 Å². The first-order valence-corrected chi connectivity index (χ1v) is 7.42. The van der Waals surface area contributed by atoms with Gasteiger partial charge in [0.05, 0.1) is 11.0 Å². The molecule has 1 rings (SSSR count). The van der Waals surface area contributed by atoms with Crippen molar-refractivity contribution < 1.29 is 13.2 Å². The molecule has 1 atom stereocenters. The van der Waals surface area contributed by atoms with Crippen LogP contribution in [0.25, 0.3) is 0 Å². The normalized spacial score (nSPS) is 23.3. The molecular weight excluding hydrogens is 208 g/mol. The Bertz CT molecular complexity index is 276. The second-order valence-corrected chi connectivity index (χ2v) is 6.92. The van der Waals surface area contributed by atoms with Crippen molar-refractivity contribution in [1.29, 1.82) is 0 Å². The van der Waals surface area contributed by atoms with E-state index in [9.17, 15) is 13.2 Å². The van der Waals surface area contributed by atoms with Crippen LogP contribution in [0.1, 0.15) is 19.3 Å². The van der Waals surface area contributed by atoms with Gasteiger partial charge in [-0.05, 0) is 18.6 Å². The molecule has 0 amide bonds. The van der Waals surface area contributed by atoms with Gasteiger partial charge in [-0.15, -0.1) is 0 Å². The third kappa shape index (κ3) is 4.13. The van der Waals surface area contributed by atoms with E-state index in [0.717, 1.165) is 18.6 Å². The average Bonchev–Trinajstić information content (AvgIpc) is 2.50. The molecule has 5 heteroatoms. The number of sulfone groups is 1. The molecule has 1 unspecified atom stereocenters. The second kappa shape index (κ2) is 4.46. The quantitative estimate of drug-likeness (QED) is 0.708. The van der Waals surface area contributed by atoms with Gasteiger partial charge in [-0.1, -0.05) is 0 Å². The predicted octanol–water partition coefficient (Wildman–Crippen LogP) is 0.886. The number of thioether (sulfide) groups is 1. The molecule has 0 aromatic heterocycles. The first kappa shape index (κ1) is 11.0. The number of Topliss-reactive ketones (excluding diaryl/α,β-unsaturated/α-hetero) is 1. The average molecular weight is 222 g/mol. The minimum atomic E-state index is -2.98. The fraction of sp³-hybridized carbons (Fsp3) is 0.875. The second-order valence-electron chi connectivity index (χ2n) is 3.35. The summed E-state index contributed by atoms with van der Waals surface area (Å²) in [5.41, 5.74) is 0. The lowest BCUT2D eigenvalue weighted by Gasteiger charge is -2.05. The van der Waals surface area contributed by atoms with Crippen molar-refractivity contribution in [3.8, 4) is 0 Å². The van der Waals surface area contributed by atoms with E-state index in [-0.39, 0.29) is 23.2 Å². The van der Waals surface area contributed by atoms with Crippen LogP contribution in [0.4, 0.5) is 0 Å². The lowest BCUT2D eigenvalue weighted by atomic mass is 10.1. The lowest BCUT2D eigenvalue weighted by Crippen LogP contribution is -2.17. The molecule has 0 aromatic rings. The summed E-state index contributed by atoms with van der Waals surface area (Å²) in [6.07, 6.45) is 3.37. The van der Waals surface area contributed by atoms with Crippen molar-refractivity contribution >= 4 is 27.4 Å². The molecular formula is C8H14O3S2. The van der Waals surface area contributed by atoms with Crippen molar-refractivity contribution in [1.82, 2.24) is 0 Å². The van der Waals surface area contributed by atoms with E-state index < -0.39 is 9.84 Å². The summed E-state index contributed by atoms with van der Waals surface area (Å²) < 4.78 is 21.6. The van der Waals surface area contributed by atoms with Gasteiger partial charge in [0.1, 0.15) is 15.6 Å². The van der Waals surface area contributed by atoms with Crippen molar-refractivity contribution in [2.75, 3.05) is 17.8 Å². The molecule has 0 aromatic carbocycles. The minimum Gasteiger partial charge on any atom is -0.298 e. The Kier molecular flexibility index (Phi) is 3.79. The lowest BCUT2D eigenvalue weighted by molar-refractivity contribution is -0.118. The predicted molar refractivity (Wildman–Crippen MR) is 54.8 cm³/mol. The van der Waals surface area contributed by atoms with E-state index in [1.165, 1.54) is 6.26 Å². The van der Waals surface area contributed by atoms with Gasteiger partial charge in [-0.2, -0.15) is 11.8 Å². The highest BCUT2D eigenvalue weighted by atomic mass is 32.2. The Balaban J connectivity index is 2.33. The van der Waals surface area contributed by atoms with Gasteiger partial charge in [-0.3, -0.25) is 4.79 Å². The SMILES string of the molecule is CS(=O)(=O)CCC(=O)C1CCCS1. The number of hydrogen-bond donors (Lipinski definition) is 0. The van der Waals surface area contributed by atoms with Gasteiger partial charge in [0.2, 0.25) is 0 Å². The van der Waals surface area contributed by atoms with Gasteiger partial charge >= 0.3 is 0 Å². The van der Waals surface area contributed by atoms with Crippen LogP contribution in [0.15, 0.2) is 0 Å². The van der Waals surface area contributed by atoms with Crippen LogP contribution in [0.3, 0.4) is 0 Å². The van der Waals surface area contributed by atoms with E-state index in [1.807, 2.05) is 0 Å². The summed E-state index contributed by atoms with van der Waals surface area (Å²) in [6, 6.07) is 0. The molecule has 0 radical (unpaired) electrons. The largest absolute Gasteiger partial charge is 0.298 e. The Morgan fingerprint density at radius 2 is 2.23 bits per heavy atom. The molecule has 0 aliphatic carbocycles. The molecule has 0 spiro atoms. The molecule has 1 saturated heterocycles. The molecule has 0 saturated carbocycles.